The van der Waals surface area contributed by atoms with Gasteiger partial charge in [-0.05, 0) is 38.8 Å². The fourth-order valence-corrected chi connectivity index (χ4v) is 1.23. The molecule has 0 aliphatic carbocycles. The highest BCUT2D eigenvalue weighted by molar-refractivity contribution is 6.39. The topological polar surface area (TPSA) is 36.2 Å². The zero-order valence-electron chi connectivity index (χ0n) is 9.18. The maximum atomic E-state index is 7.46. The van der Waals surface area contributed by atoms with Crippen LogP contribution >= 0.6 is 0 Å². The molecule has 0 saturated carbocycles. The maximum absolute atomic E-state index is 7.46. The third-order valence-corrected chi connectivity index (χ3v) is 2.26. The standard InChI is InChI=1S/C12H16N2/c1-8-6-5-7-9(2)12(8)14-11(4)10(3)13/h5-7,13H,1-4H3. The van der Waals surface area contributed by atoms with Crippen LogP contribution in [0.25, 0.3) is 0 Å². The summed E-state index contributed by atoms with van der Waals surface area (Å²) in [7, 11) is 0. The highest BCUT2D eigenvalue weighted by Crippen LogP contribution is 2.23. The number of aliphatic imine (C=N–C) groups is 1. The monoisotopic (exact) mass is 188 g/mol. The molecular formula is C12H16N2. The van der Waals surface area contributed by atoms with Crippen LogP contribution in [0.5, 0.6) is 0 Å². The minimum Gasteiger partial charge on any atom is -0.304 e. The lowest BCUT2D eigenvalue weighted by atomic mass is 10.1. The van der Waals surface area contributed by atoms with Gasteiger partial charge in [-0.1, -0.05) is 18.2 Å². The molecule has 0 bridgehead atoms. The summed E-state index contributed by atoms with van der Waals surface area (Å²) >= 11 is 0. The van der Waals surface area contributed by atoms with Gasteiger partial charge < -0.3 is 5.41 Å². The van der Waals surface area contributed by atoms with Crippen molar-refractivity contribution in [1.82, 2.24) is 0 Å². The van der Waals surface area contributed by atoms with E-state index < -0.39 is 0 Å². The maximum Gasteiger partial charge on any atom is 0.0691 e. The molecule has 1 rings (SSSR count). The van der Waals surface area contributed by atoms with Gasteiger partial charge in [0.1, 0.15) is 0 Å². The van der Waals surface area contributed by atoms with Crippen LogP contribution in [0.3, 0.4) is 0 Å². The Kier molecular flexibility index (Phi) is 3.18. The molecule has 0 radical (unpaired) electrons. The SMILES string of the molecule is CC(=N)C(C)=Nc1c(C)cccc1C. The van der Waals surface area contributed by atoms with Crippen molar-refractivity contribution < 1.29 is 0 Å². The first kappa shape index (κ1) is 10.6. The second-order valence-electron chi connectivity index (χ2n) is 3.56. The van der Waals surface area contributed by atoms with Gasteiger partial charge in [-0.25, -0.2) is 0 Å². The van der Waals surface area contributed by atoms with Gasteiger partial charge in [-0.3, -0.25) is 4.99 Å². The first-order valence-electron chi connectivity index (χ1n) is 4.69. The number of hydrogen-bond donors (Lipinski definition) is 1. The lowest BCUT2D eigenvalue weighted by molar-refractivity contribution is 1.32. The van der Waals surface area contributed by atoms with Gasteiger partial charge in [0.2, 0.25) is 0 Å². The Labute approximate surface area is 85.2 Å². The summed E-state index contributed by atoms with van der Waals surface area (Å²) in [6.45, 7) is 7.71. The molecule has 0 atom stereocenters. The summed E-state index contributed by atoms with van der Waals surface area (Å²) in [5.74, 6) is 0. The molecule has 1 aromatic carbocycles. The van der Waals surface area contributed by atoms with E-state index in [9.17, 15) is 0 Å². The van der Waals surface area contributed by atoms with Crippen LogP contribution in [-0.2, 0) is 0 Å². The van der Waals surface area contributed by atoms with Crippen molar-refractivity contribution in [1.29, 1.82) is 5.41 Å². The van der Waals surface area contributed by atoms with Gasteiger partial charge in [-0.2, -0.15) is 0 Å². The molecule has 0 spiro atoms. The third kappa shape index (κ3) is 2.28. The predicted molar refractivity (Wildman–Crippen MR) is 62.1 cm³/mol. The third-order valence-electron chi connectivity index (χ3n) is 2.26. The smallest absolute Gasteiger partial charge is 0.0691 e. The van der Waals surface area contributed by atoms with Crippen LogP contribution < -0.4 is 0 Å². The molecular weight excluding hydrogens is 172 g/mol. The summed E-state index contributed by atoms with van der Waals surface area (Å²) in [6.07, 6.45) is 0. The van der Waals surface area contributed by atoms with Crippen molar-refractivity contribution in [3.8, 4) is 0 Å². The van der Waals surface area contributed by atoms with E-state index in [4.69, 9.17) is 5.41 Å². The minimum absolute atomic E-state index is 0.521. The van der Waals surface area contributed by atoms with E-state index in [0.717, 1.165) is 22.5 Å². The van der Waals surface area contributed by atoms with Crippen LogP contribution in [-0.4, -0.2) is 11.4 Å². The van der Waals surface area contributed by atoms with Gasteiger partial charge >= 0.3 is 0 Å². The lowest BCUT2D eigenvalue weighted by Crippen LogP contribution is -2.02. The average molecular weight is 188 g/mol. The van der Waals surface area contributed by atoms with E-state index in [1.54, 1.807) is 6.92 Å². The lowest BCUT2D eigenvalue weighted by Gasteiger charge is -2.05. The number of nitrogens with zero attached hydrogens (tertiary/aromatic N) is 1. The van der Waals surface area contributed by atoms with Crippen molar-refractivity contribution in [2.24, 2.45) is 4.99 Å². The number of aryl methyl sites for hydroxylation is 2. The number of nitrogens with one attached hydrogen (secondary N) is 1. The van der Waals surface area contributed by atoms with Crippen LogP contribution in [0.2, 0.25) is 0 Å². The molecule has 0 aliphatic rings. The van der Waals surface area contributed by atoms with E-state index in [1.165, 1.54) is 0 Å². The van der Waals surface area contributed by atoms with E-state index in [0.29, 0.717) is 5.71 Å². The number of benzene rings is 1. The van der Waals surface area contributed by atoms with Gasteiger partial charge in [0.25, 0.3) is 0 Å². The molecule has 2 nitrogen and oxygen atoms in total. The van der Waals surface area contributed by atoms with Crippen molar-refractivity contribution in [2.75, 3.05) is 0 Å². The molecule has 1 N–H and O–H groups in total. The Balaban J connectivity index is 3.20. The van der Waals surface area contributed by atoms with E-state index in [2.05, 4.69) is 4.99 Å². The fraction of sp³-hybridized carbons (Fsp3) is 0.333. The molecule has 0 amide bonds. The largest absolute Gasteiger partial charge is 0.304 e. The van der Waals surface area contributed by atoms with Crippen LogP contribution in [0, 0.1) is 19.3 Å². The molecule has 1 aromatic rings. The molecule has 0 aromatic heterocycles. The molecule has 14 heavy (non-hydrogen) atoms. The Morgan fingerprint density at radius 3 is 2.07 bits per heavy atom. The summed E-state index contributed by atoms with van der Waals surface area (Å²) in [4.78, 5) is 4.45. The van der Waals surface area contributed by atoms with Crippen LogP contribution in [0.4, 0.5) is 5.69 Å². The number of hydrogen-bond acceptors (Lipinski definition) is 2. The Morgan fingerprint density at radius 2 is 1.64 bits per heavy atom. The Hall–Kier alpha value is -1.44. The molecule has 0 saturated heterocycles. The Bertz CT molecular complexity index is 369. The number of rotatable bonds is 2. The molecule has 2 heteroatoms. The van der Waals surface area contributed by atoms with Gasteiger partial charge in [0.05, 0.1) is 11.4 Å². The van der Waals surface area contributed by atoms with Gasteiger partial charge in [-0.15, -0.1) is 0 Å². The summed E-state index contributed by atoms with van der Waals surface area (Å²) < 4.78 is 0. The second kappa shape index (κ2) is 4.18. The summed E-state index contributed by atoms with van der Waals surface area (Å²) in [6, 6.07) is 6.10. The zero-order chi connectivity index (χ0) is 10.7. The highest BCUT2D eigenvalue weighted by Gasteiger charge is 2.01. The summed E-state index contributed by atoms with van der Waals surface area (Å²) in [5, 5.41) is 7.46. The predicted octanol–water partition coefficient (Wildman–Crippen LogP) is 3.44. The first-order chi connectivity index (χ1) is 6.52. The second-order valence-corrected chi connectivity index (χ2v) is 3.56. The molecule has 0 heterocycles. The van der Waals surface area contributed by atoms with Crippen molar-refractivity contribution in [2.45, 2.75) is 27.7 Å². The summed E-state index contributed by atoms with van der Waals surface area (Å²) in [5.41, 5.74) is 4.61. The van der Waals surface area contributed by atoms with Gasteiger partial charge in [0.15, 0.2) is 0 Å². The minimum atomic E-state index is 0.521. The molecule has 0 fully saturated rings. The van der Waals surface area contributed by atoms with Crippen LogP contribution in [0.1, 0.15) is 25.0 Å². The van der Waals surface area contributed by atoms with E-state index in [-0.39, 0.29) is 0 Å². The quantitative estimate of drug-likeness (QED) is 0.690. The molecule has 0 aliphatic heterocycles. The zero-order valence-corrected chi connectivity index (χ0v) is 9.18. The number of para-hydroxylation sites is 1. The normalized spacial score (nSPS) is 11.6. The van der Waals surface area contributed by atoms with Crippen LogP contribution in [0.15, 0.2) is 23.2 Å². The fourth-order valence-electron chi connectivity index (χ4n) is 1.23. The first-order valence-corrected chi connectivity index (χ1v) is 4.69. The van der Waals surface area contributed by atoms with Crippen molar-refractivity contribution in [3.63, 3.8) is 0 Å². The average Bonchev–Trinajstić information content (AvgIpc) is 2.11. The Morgan fingerprint density at radius 1 is 1.14 bits per heavy atom. The van der Waals surface area contributed by atoms with Crippen molar-refractivity contribution in [3.05, 3.63) is 29.3 Å². The van der Waals surface area contributed by atoms with E-state index in [1.807, 2.05) is 39.0 Å². The highest BCUT2D eigenvalue weighted by atomic mass is 14.8. The van der Waals surface area contributed by atoms with Crippen molar-refractivity contribution >= 4 is 17.1 Å². The van der Waals surface area contributed by atoms with E-state index >= 15 is 0 Å². The molecule has 74 valence electrons. The van der Waals surface area contributed by atoms with Gasteiger partial charge in [0, 0.05) is 5.71 Å². The molecule has 0 unspecified atom stereocenters.